The summed E-state index contributed by atoms with van der Waals surface area (Å²) in [5, 5.41) is 4.26. The van der Waals surface area contributed by atoms with Crippen LogP contribution in [0.5, 0.6) is 5.75 Å². The summed E-state index contributed by atoms with van der Waals surface area (Å²) in [6, 6.07) is 21.7. The van der Waals surface area contributed by atoms with Gasteiger partial charge in [0.1, 0.15) is 11.6 Å². The van der Waals surface area contributed by atoms with Crippen LogP contribution in [0.1, 0.15) is 11.1 Å². The smallest absolute Gasteiger partial charge is 0.253 e. The number of rotatable bonds is 5. The highest BCUT2D eigenvalue weighted by atomic mass is 16.5. The first-order valence-corrected chi connectivity index (χ1v) is 10.1. The molecule has 0 aliphatic heterocycles. The van der Waals surface area contributed by atoms with E-state index >= 15 is 0 Å². The summed E-state index contributed by atoms with van der Waals surface area (Å²) in [6.45, 7) is 2.49. The number of H-pyrrole nitrogens is 2. The van der Waals surface area contributed by atoms with Crippen molar-refractivity contribution in [3.05, 3.63) is 88.2 Å². The van der Waals surface area contributed by atoms with E-state index < -0.39 is 0 Å². The molecule has 0 radical (unpaired) electrons. The largest absolute Gasteiger partial charge is 0.497 e. The van der Waals surface area contributed by atoms with Crippen LogP contribution in [0.15, 0.2) is 71.5 Å². The third-order valence-corrected chi connectivity index (χ3v) is 5.41. The number of fused-ring (bicyclic) bond motifs is 2. The first kappa shape index (κ1) is 18.9. The number of aryl methyl sites for hydroxylation is 1. The fourth-order valence-electron chi connectivity index (χ4n) is 3.69. The molecule has 154 valence electrons. The number of aromatic nitrogens is 3. The summed E-state index contributed by atoms with van der Waals surface area (Å²) in [4.78, 5) is 23.4. The topological polar surface area (TPSA) is 82.8 Å². The minimum absolute atomic E-state index is 0.0978. The van der Waals surface area contributed by atoms with Crippen LogP contribution in [-0.2, 0) is 6.54 Å². The Labute approximate surface area is 178 Å². The lowest BCUT2D eigenvalue weighted by molar-refractivity contribution is 0.415. The highest BCUT2D eigenvalue weighted by molar-refractivity contribution is 5.81. The minimum atomic E-state index is -0.0978. The van der Waals surface area contributed by atoms with Gasteiger partial charge in [-0.15, -0.1) is 0 Å². The van der Waals surface area contributed by atoms with Gasteiger partial charge < -0.3 is 20.0 Å². The van der Waals surface area contributed by atoms with E-state index in [0.717, 1.165) is 44.8 Å². The summed E-state index contributed by atoms with van der Waals surface area (Å²) < 4.78 is 5.28. The molecule has 3 aromatic carbocycles. The zero-order valence-corrected chi connectivity index (χ0v) is 17.3. The van der Waals surface area contributed by atoms with Crippen LogP contribution in [0, 0.1) is 6.92 Å². The number of nitrogens with zero attached hydrogens (tertiary/aromatic N) is 1. The summed E-state index contributed by atoms with van der Waals surface area (Å²) in [5.41, 5.74) is 6.48. The molecule has 0 bridgehead atoms. The number of nitrogens with one attached hydrogen (secondary N) is 3. The lowest BCUT2D eigenvalue weighted by Crippen LogP contribution is -2.15. The van der Waals surface area contributed by atoms with Crippen LogP contribution in [0.2, 0.25) is 0 Å². The van der Waals surface area contributed by atoms with Crippen LogP contribution < -0.4 is 15.6 Å². The SMILES string of the molecule is COc1ccc2[nH]c(=O)c(CNc3ccc(-c4nc5ccc(C)cc5[nH]4)cc3)cc2c1. The van der Waals surface area contributed by atoms with Gasteiger partial charge in [-0.3, -0.25) is 4.79 Å². The van der Waals surface area contributed by atoms with E-state index in [1.165, 1.54) is 5.56 Å². The molecular weight excluding hydrogens is 388 g/mol. The predicted octanol–water partition coefficient (Wildman–Crippen LogP) is 5.00. The molecule has 3 N–H and O–H groups in total. The number of anilines is 1. The Kier molecular flexibility index (Phi) is 4.67. The lowest BCUT2D eigenvalue weighted by atomic mass is 10.1. The molecule has 6 heteroatoms. The molecule has 0 fully saturated rings. The second-order valence-electron chi connectivity index (χ2n) is 7.61. The monoisotopic (exact) mass is 410 g/mol. The number of methoxy groups -OCH3 is 1. The average Bonchev–Trinajstić information content (AvgIpc) is 3.21. The van der Waals surface area contributed by atoms with Gasteiger partial charge in [0.15, 0.2) is 0 Å². The number of aromatic amines is 2. The van der Waals surface area contributed by atoms with Crippen molar-refractivity contribution >= 4 is 27.6 Å². The number of imidazole rings is 1. The van der Waals surface area contributed by atoms with Gasteiger partial charge in [-0.05, 0) is 73.2 Å². The number of ether oxygens (including phenoxy) is 1. The molecule has 0 atom stereocenters. The first-order chi connectivity index (χ1) is 15.1. The predicted molar refractivity (Wildman–Crippen MR) is 125 cm³/mol. The van der Waals surface area contributed by atoms with Crippen LogP contribution in [-0.4, -0.2) is 22.1 Å². The van der Waals surface area contributed by atoms with Crippen LogP contribution in [0.4, 0.5) is 5.69 Å². The maximum Gasteiger partial charge on any atom is 0.253 e. The van der Waals surface area contributed by atoms with E-state index in [2.05, 4.69) is 39.3 Å². The van der Waals surface area contributed by atoms with Crippen LogP contribution in [0.25, 0.3) is 33.3 Å². The molecule has 0 saturated heterocycles. The molecule has 0 unspecified atom stereocenters. The van der Waals surface area contributed by atoms with Gasteiger partial charge in [0.05, 0.1) is 18.1 Å². The maximum absolute atomic E-state index is 12.4. The fraction of sp³-hybridized carbons (Fsp3) is 0.120. The molecule has 5 aromatic rings. The molecule has 0 amide bonds. The van der Waals surface area contributed by atoms with Gasteiger partial charge in [-0.2, -0.15) is 0 Å². The van der Waals surface area contributed by atoms with Gasteiger partial charge in [0.25, 0.3) is 5.56 Å². The average molecular weight is 410 g/mol. The number of pyridine rings is 1. The van der Waals surface area contributed by atoms with Gasteiger partial charge in [0.2, 0.25) is 0 Å². The Morgan fingerprint density at radius 3 is 2.58 bits per heavy atom. The number of hydrogen-bond donors (Lipinski definition) is 3. The minimum Gasteiger partial charge on any atom is -0.497 e. The standard InChI is InChI=1S/C25H22N4O2/c1-15-3-9-22-23(11-15)28-24(27-22)16-4-6-19(7-5-16)26-14-18-12-17-13-20(31-2)8-10-21(17)29-25(18)30/h3-13,26H,14H2,1-2H3,(H,27,28)(H,29,30). The van der Waals surface area contributed by atoms with Crippen molar-refractivity contribution in [3.63, 3.8) is 0 Å². The summed E-state index contributed by atoms with van der Waals surface area (Å²) in [7, 11) is 1.63. The first-order valence-electron chi connectivity index (χ1n) is 10.1. The summed E-state index contributed by atoms with van der Waals surface area (Å²) >= 11 is 0. The van der Waals surface area contributed by atoms with Crippen molar-refractivity contribution in [1.29, 1.82) is 0 Å². The highest BCUT2D eigenvalue weighted by Crippen LogP contribution is 2.23. The highest BCUT2D eigenvalue weighted by Gasteiger charge is 2.07. The Morgan fingerprint density at radius 2 is 1.77 bits per heavy atom. The van der Waals surface area contributed by atoms with Crippen molar-refractivity contribution in [3.8, 4) is 17.1 Å². The molecular formula is C25H22N4O2. The third-order valence-electron chi connectivity index (χ3n) is 5.41. The third kappa shape index (κ3) is 3.75. The molecule has 6 nitrogen and oxygen atoms in total. The zero-order chi connectivity index (χ0) is 21.4. The zero-order valence-electron chi connectivity index (χ0n) is 17.3. The molecule has 5 rings (SSSR count). The lowest BCUT2D eigenvalue weighted by Gasteiger charge is -2.08. The van der Waals surface area contributed by atoms with Crippen LogP contribution in [0.3, 0.4) is 0 Å². The second-order valence-corrected chi connectivity index (χ2v) is 7.61. The molecule has 0 saturated carbocycles. The van der Waals surface area contributed by atoms with Gasteiger partial charge in [0, 0.05) is 34.3 Å². The van der Waals surface area contributed by atoms with Crippen molar-refractivity contribution in [2.45, 2.75) is 13.5 Å². The Balaban J connectivity index is 1.35. The molecule has 31 heavy (non-hydrogen) atoms. The summed E-state index contributed by atoms with van der Waals surface area (Å²) in [6.07, 6.45) is 0. The molecule has 2 aromatic heterocycles. The molecule has 2 heterocycles. The molecule has 0 spiro atoms. The van der Waals surface area contributed by atoms with Crippen molar-refractivity contribution < 1.29 is 4.74 Å². The van der Waals surface area contributed by atoms with Crippen LogP contribution >= 0.6 is 0 Å². The quantitative estimate of drug-likeness (QED) is 0.381. The van der Waals surface area contributed by atoms with Crippen molar-refractivity contribution in [1.82, 2.24) is 15.0 Å². The Morgan fingerprint density at radius 1 is 0.935 bits per heavy atom. The van der Waals surface area contributed by atoms with E-state index in [-0.39, 0.29) is 5.56 Å². The van der Waals surface area contributed by atoms with E-state index in [1.807, 2.05) is 54.6 Å². The van der Waals surface area contributed by atoms with Crippen molar-refractivity contribution in [2.24, 2.45) is 0 Å². The van der Waals surface area contributed by atoms with Gasteiger partial charge in [-0.25, -0.2) is 4.98 Å². The normalized spacial score (nSPS) is 11.2. The Hall–Kier alpha value is -4.06. The molecule has 0 aliphatic rings. The molecule has 0 aliphatic carbocycles. The Bertz CT molecular complexity index is 1450. The van der Waals surface area contributed by atoms with Gasteiger partial charge in [-0.1, -0.05) is 6.07 Å². The van der Waals surface area contributed by atoms with Crippen molar-refractivity contribution in [2.75, 3.05) is 12.4 Å². The summed E-state index contributed by atoms with van der Waals surface area (Å²) in [5.74, 6) is 1.60. The van der Waals surface area contributed by atoms with Gasteiger partial charge >= 0.3 is 0 Å². The van der Waals surface area contributed by atoms with E-state index in [9.17, 15) is 4.79 Å². The van der Waals surface area contributed by atoms with E-state index in [4.69, 9.17) is 4.74 Å². The second kappa shape index (κ2) is 7.65. The maximum atomic E-state index is 12.4. The fourth-order valence-corrected chi connectivity index (χ4v) is 3.69. The number of benzene rings is 3. The van der Waals surface area contributed by atoms with E-state index in [0.29, 0.717) is 12.1 Å². The van der Waals surface area contributed by atoms with E-state index in [1.54, 1.807) is 7.11 Å². The number of hydrogen-bond acceptors (Lipinski definition) is 4.